The molecule has 0 aliphatic carbocycles. The monoisotopic (exact) mass is 319 g/mol. The Bertz CT molecular complexity index is 695. The van der Waals surface area contributed by atoms with Crippen LogP contribution in [0.5, 0.6) is 11.5 Å². The minimum Gasteiger partial charge on any atom is -0.486 e. The maximum absolute atomic E-state index is 11.0. The van der Waals surface area contributed by atoms with Gasteiger partial charge in [0.25, 0.3) is 0 Å². The molecule has 5 nitrogen and oxygen atoms in total. The van der Waals surface area contributed by atoms with Crippen molar-refractivity contribution < 1.29 is 19.4 Å². The van der Waals surface area contributed by atoms with Gasteiger partial charge >= 0.3 is 5.97 Å². The van der Waals surface area contributed by atoms with Crippen molar-refractivity contribution in [2.45, 2.75) is 20.0 Å². The molecule has 116 valence electrons. The summed E-state index contributed by atoms with van der Waals surface area (Å²) in [6.45, 7) is 4.44. The molecule has 0 unspecified atom stereocenters. The predicted octanol–water partition coefficient (Wildman–Crippen LogP) is 2.82. The van der Waals surface area contributed by atoms with Crippen molar-refractivity contribution in [1.29, 1.82) is 0 Å². The minimum atomic E-state index is -0.869. The number of benzene rings is 1. The molecule has 1 aliphatic heterocycles. The first kappa shape index (κ1) is 14.9. The number of carboxylic acids is 1. The van der Waals surface area contributed by atoms with Gasteiger partial charge in [-0.3, -0.25) is 0 Å². The molecule has 22 heavy (non-hydrogen) atoms. The third-order valence-electron chi connectivity index (χ3n) is 3.48. The van der Waals surface area contributed by atoms with Crippen molar-refractivity contribution in [3.8, 4) is 11.5 Å². The molecule has 0 amide bonds. The number of rotatable bonds is 5. The molecule has 6 heteroatoms. The van der Waals surface area contributed by atoms with E-state index in [1.807, 2.05) is 25.1 Å². The molecular formula is C16H17NO4S. The second kappa shape index (κ2) is 6.37. The second-order valence-electron chi connectivity index (χ2n) is 5.08. The van der Waals surface area contributed by atoms with Crippen LogP contribution in [-0.2, 0) is 13.1 Å². The average Bonchev–Trinajstić information content (AvgIpc) is 2.89. The van der Waals surface area contributed by atoms with Crippen LogP contribution < -0.4 is 14.8 Å². The van der Waals surface area contributed by atoms with E-state index in [0.717, 1.165) is 27.5 Å². The van der Waals surface area contributed by atoms with Crippen LogP contribution in [-0.4, -0.2) is 24.3 Å². The summed E-state index contributed by atoms with van der Waals surface area (Å²) in [7, 11) is 0. The van der Waals surface area contributed by atoms with E-state index in [-0.39, 0.29) is 0 Å². The van der Waals surface area contributed by atoms with E-state index in [0.29, 0.717) is 31.2 Å². The quantitative estimate of drug-likeness (QED) is 0.887. The maximum Gasteiger partial charge on any atom is 0.345 e. The number of nitrogens with one attached hydrogen (secondary N) is 1. The predicted molar refractivity (Wildman–Crippen MR) is 84.0 cm³/mol. The van der Waals surface area contributed by atoms with Gasteiger partial charge in [0.1, 0.15) is 18.1 Å². The highest BCUT2D eigenvalue weighted by molar-refractivity contribution is 7.14. The first-order chi connectivity index (χ1) is 10.6. The molecule has 2 heterocycles. The number of hydrogen-bond donors (Lipinski definition) is 2. The molecular weight excluding hydrogens is 302 g/mol. The Kier molecular flexibility index (Phi) is 4.31. The first-order valence-corrected chi connectivity index (χ1v) is 7.87. The van der Waals surface area contributed by atoms with Gasteiger partial charge in [0.05, 0.1) is 0 Å². The molecule has 0 bridgehead atoms. The molecule has 1 aliphatic rings. The Hall–Kier alpha value is -2.05. The molecule has 0 saturated carbocycles. The van der Waals surface area contributed by atoms with Crippen LogP contribution in [0.25, 0.3) is 0 Å². The molecule has 1 aromatic carbocycles. The Morgan fingerprint density at radius 1 is 1.23 bits per heavy atom. The van der Waals surface area contributed by atoms with Crippen LogP contribution in [0, 0.1) is 6.92 Å². The van der Waals surface area contributed by atoms with Crippen molar-refractivity contribution in [3.05, 3.63) is 45.1 Å². The summed E-state index contributed by atoms with van der Waals surface area (Å²) in [4.78, 5) is 12.4. The molecule has 0 atom stereocenters. The molecule has 2 aromatic rings. The molecule has 0 radical (unpaired) electrons. The van der Waals surface area contributed by atoms with Crippen molar-refractivity contribution >= 4 is 17.3 Å². The lowest BCUT2D eigenvalue weighted by Crippen LogP contribution is -2.16. The lowest BCUT2D eigenvalue weighted by Gasteiger charge is -2.19. The number of hydrogen-bond acceptors (Lipinski definition) is 5. The number of thiophene rings is 1. The fraction of sp³-hybridized carbons (Fsp3) is 0.312. The zero-order valence-electron chi connectivity index (χ0n) is 12.2. The van der Waals surface area contributed by atoms with E-state index in [4.69, 9.17) is 14.6 Å². The molecule has 1 aromatic heterocycles. The van der Waals surface area contributed by atoms with E-state index >= 15 is 0 Å². The van der Waals surface area contributed by atoms with Crippen LogP contribution in [0.3, 0.4) is 0 Å². The summed E-state index contributed by atoms with van der Waals surface area (Å²) >= 11 is 1.31. The number of aryl methyl sites for hydroxylation is 1. The fourth-order valence-electron chi connectivity index (χ4n) is 2.34. The lowest BCUT2D eigenvalue weighted by molar-refractivity contribution is 0.0702. The van der Waals surface area contributed by atoms with Gasteiger partial charge in [-0.1, -0.05) is 6.07 Å². The first-order valence-electron chi connectivity index (χ1n) is 7.05. The van der Waals surface area contributed by atoms with Gasteiger partial charge in [0, 0.05) is 18.0 Å². The van der Waals surface area contributed by atoms with Gasteiger partial charge < -0.3 is 19.9 Å². The molecule has 0 fully saturated rings. The standard InChI is InChI=1S/C16H17NO4S/c1-10-12(7-15(22-10)16(18)19)9-17-8-11-2-3-13-14(6-11)21-5-4-20-13/h2-3,6-7,17H,4-5,8-9H2,1H3,(H,18,19). The van der Waals surface area contributed by atoms with Crippen molar-refractivity contribution in [1.82, 2.24) is 5.32 Å². The van der Waals surface area contributed by atoms with Crippen LogP contribution >= 0.6 is 11.3 Å². The minimum absolute atomic E-state index is 0.383. The van der Waals surface area contributed by atoms with Crippen LogP contribution in [0.15, 0.2) is 24.3 Å². The van der Waals surface area contributed by atoms with E-state index in [2.05, 4.69) is 5.32 Å². The Morgan fingerprint density at radius 2 is 2.00 bits per heavy atom. The Labute approximate surface area is 132 Å². The smallest absolute Gasteiger partial charge is 0.345 e. The molecule has 0 spiro atoms. The van der Waals surface area contributed by atoms with Gasteiger partial charge in [-0.2, -0.15) is 0 Å². The summed E-state index contributed by atoms with van der Waals surface area (Å²) in [6, 6.07) is 7.64. The fourth-order valence-corrected chi connectivity index (χ4v) is 3.22. The summed E-state index contributed by atoms with van der Waals surface area (Å²) in [5.74, 6) is 0.700. The van der Waals surface area contributed by atoms with Gasteiger partial charge in [-0.25, -0.2) is 4.79 Å². The SMILES string of the molecule is Cc1sc(C(=O)O)cc1CNCc1ccc2c(c1)OCCO2. The normalized spacial score (nSPS) is 13.1. The van der Waals surface area contributed by atoms with Gasteiger partial charge in [-0.15, -0.1) is 11.3 Å². The summed E-state index contributed by atoms with van der Waals surface area (Å²) in [5, 5.41) is 12.3. The van der Waals surface area contributed by atoms with E-state index < -0.39 is 5.97 Å². The van der Waals surface area contributed by atoms with Crippen molar-refractivity contribution in [3.63, 3.8) is 0 Å². The molecule has 2 N–H and O–H groups in total. The van der Waals surface area contributed by atoms with Crippen LogP contribution in [0.1, 0.15) is 25.7 Å². The summed E-state index contributed by atoms with van der Waals surface area (Å²) in [6.07, 6.45) is 0. The Balaban J connectivity index is 1.60. The molecule has 0 saturated heterocycles. The van der Waals surface area contributed by atoms with Crippen LogP contribution in [0.2, 0.25) is 0 Å². The number of carbonyl (C=O) groups is 1. The van der Waals surface area contributed by atoms with E-state index in [1.54, 1.807) is 6.07 Å². The zero-order chi connectivity index (χ0) is 15.5. The number of carboxylic acid groups (broad SMARTS) is 1. The van der Waals surface area contributed by atoms with Gasteiger partial charge in [-0.05, 0) is 36.2 Å². The van der Waals surface area contributed by atoms with E-state index in [1.165, 1.54) is 11.3 Å². The topological polar surface area (TPSA) is 67.8 Å². The highest BCUT2D eigenvalue weighted by Gasteiger charge is 2.12. The summed E-state index contributed by atoms with van der Waals surface area (Å²) < 4.78 is 11.1. The number of ether oxygens (including phenoxy) is 2. The van der Waals surface area contributed by atoms with Crippen molar-refractivity contribution in [2.75, 3.05) is 13.2 Å². The zero-order valence-corrected chi connectivity index (χ0v) is 13.0. The Morgan fingerprint density at radius 3 is 2.73 bits per heavy atom. The highest BCUT2D eigenvalue weighted by atomic mass is 32.1. The van der Waals surface area contributed by atoms with Crippen LogP contribution in [0.4, 0.5) is 0 Å². The third-order valence-corrected chi connectivity index (χ3v) is 4.56. The van der Waals surface area contributed by atoms with Crippen molar-refractivity contribution in [2.24, 2.45) is 0 Å². The summed E-state index contributed by atoms with van der Waals surface area (Å²) in [5.41, 5.74) is 2.13. The number of aromatic carboxylic acids is 1. The maximum atomic E-state index is 11.0. The van der Waals surface area contributed by atoms with Gasteiger partial charge in [0.2, 0.25) is 0 Å². The third kappa shape index (κ3) is 3.23. The second-order valence-corrected chi connectivity index (χ2v) is 6.34. The van der Waals surface area contributed by atoms with Gasteiger partial charge in [0.15, 0.2) is 11.5 Å². The number of fused-ring (bicyclic) bond motifs is 1. The molecule has 3 rings (SSSR count). The lowest BCUT2D eigenvalue weighted by atomic mass is 10.2. The largest absolute Gasteiger partial charge is 0.486 e. The average molecular weight is 319 g/mol. The van der Waals surface area contributed by atoms with E-state index in [9.17, 15) is 4.79 Å². The highest BCUT2D eigenvalue weighted by Crippen LogP contribution is 2.30.